The molecule has 3 aliphatic rings. The van der Waals surface area contributed by atoms with Crippen LogP contribution in [0.4, 0.5) is 0 Å². The second-order valence-electron chi connectivity index (χ2n) is 38.7. The van der Waals surface area contributed by atoms with Gasteiger partial charge >= 0.3 is 0 Å². The number of aromatic nitrogens is 9. The number of benzene rings is 18. The van der Waals surface area contributed by atoms with Crippen molar-refractivity contribution in [1.82, 2.24) is 44.9 Å². The summed E-state index contributed by atoms with van der Waals surface area (Å²) in [7, 11) is 0. The van der Waals surface area contributed by atoms with Gasteiger partial charge in [0.25, 0.3) is 0 Å². The molecular formula is C127H95N9O3. The predicted molar refractivity (Wildman–Crippen MR) is 568 cm³/mol. The molecule has 0 fully saturated rings. The lowest BCUT2D eigenvalue weighted by Gasteiger charge is -2.41. The predicted octanol–water partition coefficient (Wildman–Crippen LogP) is 33.1. The van der Waals surface area contributed by atoms with Gasteiger partial charge in [-0.15, -0.1) is 0 Å². The van der Waals surface area contributed by atoms with Crippen molar-refractivity contribution in [2.75, 3.05) is 0 Å². The third-order valence-corrected chi connectivity index (χ3v) is 30.5. The Balaban J connectivity index is 0.000000111. The fourth-order valence-electron chi connectivity index (χ4n) is 22.8. The fraction of sp³-hybridized carbons (Fsp3) is 0.126. The minimum Gasteiger partial charge on any atom is -0.455 e. The van der Waals surface area contributed by atoms with Crippen molar-refractivity contribution >= 4 is 98.1 Å². The zero-order valence-electron chi connectivity index (χ0n) is 78.6. The van der Waals surface area contributed by atoms with E-state index < -0.39 is 0 Å². The Labute approximate surface area is 805 Å². The summed E-state index contributed by atoms with van der Waals surface area (Å²) in [6.45, 7) is 21.1. The van der Waals surface area contributed by atoms with Gasteiger partial charge in [0.1, 0.15) is 33.5 Å². The van der Waals surface area contributed by atoms with Gasteiger partial charge in [-0.3, -0.25) is 0 Å². The minimum atomic E-state index is -0.152. The molecular weight excluding hydrogens is 1700 g/mol. The molecule has 6 aromatic heterocycles. The van der Waals surface area contributed by atoms with Gasteiger partial charge in [0.15, 0.2) is 52.4 Å². The molecule has 24 aromatic rings. The summed E-state index contributed by atoms with van der Waals surface area (Å²) < 4.78 is 20.3. The third-order valence-electron chi connectivity index (χ3n) is 30.5. The summed E-state index contributed by atoms with van der Waals surface area (Å²) in [5, 5.41) is 13.5. The number of fused-ring (bicyclic) bond motifs is 25. The van der Waals surface area contributed by atoms with E-state index in [1.165, 1.54) is 82.9 Å². The molecule has 12 nitrogen and oxygen atoms in total. The molecule has 6 heterocycles. The van der Waals surface area contributed by atoms with Gasteiger partial charge in [0, 0.05) is 81.9 Å². The lowest BCUT2D eigenvalue weighted by atomic mass is 9.62. The van der Waals surface area contributed by atoms with Crippen LogP contribution in [0.3, 0.4) is 0 Å². The second kappa shape index (κ2) is 32.7. The zero-order valence-corrected chi connectivity index (χ0v) is 78.6. The van der Waals surface area contributed by atoms with E-state index in [0.29, 0.717) is 58.3 Å². The zero-order chi connectivity index (χ0) is 93.7. The Morgan fingerprint density at radius 1 is 0.245 bits per heavy atom. The Morgan fingerprint density at radius 3 is 1.02 bits per heavy atom. The van der Waals surface area contributed by atoms with Gasteiger partial charge in [0.2, 0.25) is 0 Å². The molecule has 0 saturated carbocycles. The lowest BCUT2D eigenvalue weighted by Crippen LogP contribution is -2.36. The Hall–Kier alpha value is -16.8. The van der Waals surface area contributed by atoms with E-state index in [0.717, 1.165) is 145 Å². The Morgan fingerprint density at radius 2 is 0.554 bits per heavy atom. The molecule has 3 aliphatic carbocycles. The summed E-state index contributed by atoms with van der Waals surface area (Å²) in [4.78, 5) is 45.6. The lowest BCUT2D eigenvalue weighted by molar-refractivity contribution is 0.255. The first-order valence-electron chi connectivity index (χ1n) is 48.2. The fourth-order valence-corrected chi connectivity index (χ4v) is 22.8. The van der Waals surface area contributed by atoms with Gasteiger partial charge in [-0.25, -0.2) is 44.9 Å². The standard InChI is InChI=1S/C46H33N3O.C43H33N3O.C38H29N3O/c1-27(2)46(3)37-23-12-11-20-33(37)40-38(46)24-25-39-41(40)34-21-13-22-35(42(34)50-39)44-47-43(28-14-5-4-6-15-28)48-45(49-44)36-26-29-16-7-8-17-30(29)31-18-9-10-19-32(31)36;1-42(2,3)43(4)33-23-11-10-19-30(33)36-34(43)24-25-35-37(36)31-21-13-22-32(38(31)47-35)41-45-39(27-15-6-5-7-16-27)44-40(46-41)29-20-12-17-26-14-8-9-18-28(26)29;1-3-38(4-2)29-21-12-11-18-26(29)32-30(38)22-23-31-33(32)27-19-13-20-28(34(27)42-31)37-40-35(24-14-7-5-8-15-24)39-36(41-37)25-16-9-6-10-17-25/h4-27H,1-3H3;5-25H,1-4H3;5-23H,3-4H2,1-2H3. The number of hydrogen-bond acceptors (Lipinski definition) is 12. The topological polar surface area (TPSA) is 155 Å². The van der Waals surface area contributed by atoms with Crippen LogP contribution >= 0.6 is 0 Å². The Bertz CT molecular complexity index is 9040. The van der Waals surface area contributed by atoms with Gasteiger partial charge in [-0.1, -0.05) is 402 Å². The van der Waals surface area contributed by atoms with Crippen LogP contribution in [0.2, 0.25) is 0 Å². The number of para-hydroxylation sites is 3. The molecule has 2 atom stereocenters. The molecule has 0 bridgehead atoms. The Kier molecular flexibility index (Phi) is 19.8. The summed E-state index contributed by atoms with van der Waals surface area (Å²) in [6, 6.07) is 133. The van der Waals surface area contributed by atoms with E-state index in [1.54, 1.807) is 0 Å². The molecule has 27 rings (SSSR count). The van der Waals surface area contributed by atoms with Gasteiger partial charge in [-0.05, 0) is 166 Å². The molecule has 0 spiro atoms. The highest BCUT2D eigenvalue weighted by Gasteiger charge is 2.49. The van der Waals surface area contributed by atoms with Crippen LogP contribution in [0.5, 0.6) is 0 Å². The first-order valence-corrected chi connectivity index (χ1v) is 48.2. The molecule has 12 heteroatoms. The maximum absolute atomic E-state index is 6.83. The van der Waals surface area contributed by atoms with Crippen molar-refractivity contribution in [2.24, 2.45) is 11.3 Å². The number of hydrogen-bond donors (Lipinski definition) is 0. The molecule has 0 amide bonds. The number of nitrogens with zero attached hydrogens (tertiary/aromatic N) is 9. The van der Waals surface area contributed by atoms with Gasteiger partial charge in [0.05, 0.1) is 16.7 Å². The van der Waals surface area contributed by atoms with Crippen molar-refractivity contribution < 1.29 is 13.3 Å². The van der Waals surface area contributed by atoms with Crippen LogP contribution in [0, 0.1) is 11.3 Å². The number of rotatable bonds is 12. The largest absolute Gasteiger partial charge is 0.455 e. The first-order chi connectivity index (χ1) is 68.0. The average Bonchev–Trinajstić information content (AvgIpc) is 1.53. The van der Waals surface area contributed by atoms with E-state index in [2.05, 4.69) is 335 Å². The van der Waals surface area contributed by atoms with E-state index in [4.69, 9.17) is 58.1 Å². The normalized spacial score (nSPS) is 14.9. The van der Waals surface area contributed by atoms with E-state index in [1.807, 2.05) is 109 Å². The minimum absolute atomic E-state index is 0.00343. The molecule has 0 radical (unpaired) electrons. The number of furan rings is 3. The molecule has 666 valence electrons. The maximum atomic E-state index is 6.83. The van der Waals surface area contributed by atoms with Crippen molar-refractivity contribution in [3.05, 3.63) is 416 Å². The van der Waals surface area contributed by atoms with Gasteiger partial charge < -0.3 is 13.3 Å². The molecule has 18 aromatic carbocycles. The highest BCUT2D eigenvalue weighted by Crippen LogP contribution is 2.62. The van der Waals surface area contributed by atoms with E-state index >= 15 is 0 Å². The second-order valence-corrected chi connectivity index (χ2v) is 38.7. The van der Waals surface area contributed by atoms with Crippen LogP contribution in [0.15, 0.2) is 395 Å². The van der Waals surface area contributed by atoms with Crippen molar-refractivity contribution in [1.29, 1.82) is 0 Å². The summed E-state index contributed by atoms with van der Waals surface area (Å²) >= 11 is 0. The average molecular weight is 1800 g/mol. The van der Waals surface area contributed by atoms with Crippen molar-refractivity contribution in [2.45, 2.75) is 91.4 Å². The highest BCUT2D eigenvalue weighted by atomic mass is 16.3. The third kappa shape index (κ3) is 13.2. The monoisotopic (exact) mass is 1790 g/mol. The van der Waals surface area contributed by atoms with Crippen molar-refractivity contribution in [3.63, 3.8) is 0 Å². The highest BCUT2D eigenvalue weighted by molar-refractivity contribution is 6.21. The van der Waals surface area contributed by atoms with Gasteiger partial charge in [-0.2, -0.15) is 0 Å². The molecule has 0 saturated heterocycles. The summed E-state index contributed by atoms with van der Waals surface area (Å²) in [6.07, 6.45) is 2.10. The van der Waals surface area contributed by atoms with E-state index in [9.17, 15) is 0 Å². The first kappa shape index (κ1) is 84.0. The SMILES string of the molecule is CC(C)(C)C1(C)c2ccccc2-c2c1ccc1oc3c(-c4nc(-c5ccccc5)nc(-c5cccc6ccccc56)n4)cccc3c21.CC(C)C1(C)c2ccccc2-c2c1ccc1oc3c(-c4nc(-c5ccccc5)nc(-c5cc6ccccc6c6ccccc56)n4)cccc3c21.CCC1(CC)c2ccccc2-c2c1ccc1oc3c(-c4nc(-c5ccccc5)nc(-c5ccccc5)n4)cccc3c21. The van der Waals surface area contributed by atoms with Crippen LogP contribution in [0.1, 0.15) is 109 Å². The smallest absolute Gasteiger partial charge is 0.167 e. The summed E-state index contributed by atoms with van der Waals surface area (Å²) in [5.74, 6) is 5.98. The molecule has 0 N–H and O–H groups in total. The van der Waals surface area contributed by atoms with E-state index in [-0.39, 0.29) is 21.7 Å². The van der Waals surface area contributed by atoms with Crippen LogP contribution in [-0.4, -0.2) is 44.9 Å². The molecule has 0 aliphatic heterocycles. The van der Waals surface area contributed by atoms with Crippen molar-refractivity contribution in [3.8, 4) is 136 Å². The summed E-state index contributed by atoms with van der Waals surface area (Å²) in [5.41, 5.74) is 29.0. The maximum Gasteiger partial charge on any atom is 0.167 e. The van der Waals surface area contributed by atoms with Crippen LogP contribution in [-0.2, 0) is 16.2 Å². The quantitative estimate of drug-likeness (QED) is 0.107. The van der Waals surface area contributed by atoms with Crippen LogP contribution in [0.25, 0.3) is 234 Å². The molecule has 139 heavy (non-hydrogen) atoms. The molecule has 2 unspecified atom stereocenters. The van der Waals surface area contributed by atoms with Crippen LogP contribution < -0.4 is 0 Å².